The summed E-state index contributed by atoms with van der Waals surface area (Å²) >= 11 is 0. The molecular formula is C13H26N2O3. The first kappa shape index (κ1) is 15.2. The molecule has 1 rings (SSSR count). The summed E-state index contributed by atoms with van der Waals surface area (Å²) in [4.78, 5) is 15.9. The largest absolute Gasteiger partial charge is 0.444 e. The summed E-state index contributed by atoms with van der Waals surface area (Å²) in [5.41, 5.74) is -0.420. The average Bonchev–Trinajstić information content (AvgIpc) is 2.72. The van der Waals surface area contributed by atoms with Crippen molar-refractivity contribution in [3.05, 3.63) is 0 Å². The number of methoxy groups -OCH3 is 1. The van der Waals surface area contributed by atoms with Crippen LogP contribution >= 0.6 is 0 Å². The highest BCUT2D eigenvalue weighted by Gasteiger charge is 2.31. The Balaban J connectivity index is 2.38. The summed E-state index contributed by atoms with van der Waals surface area (Å²) in [5.74, 6) is 0. The number of likely N-dealkylation sites (tertiary alicyclic amines) is 1. The highest BCUT2D eigenvalue weighted by atomic mass is 16.6. The molecule has 0 aromatic rings. The lowest BCUT2D eigenvalue weighted by Gasteiger charge is -2.26. The number of hydrogen-bond acceptors (Lipinski definition) is 4. The maximum atomic E-state index is 11.9. The van der Waals surface area contributed by atoms with E-state index < -0.39 is 5.60 Å². The van der Waals surface area contributed by atoms with E-state index in [1.54, 1.807) is 12.0 Å². The number of nitrogens with zero attached hydrogens (tertiary/aromatic N) is 2. The summed E-state index contributed by atoms with van der Waals surface area (Å²) in [6, 6.07) is 0.410. The van der Waals surface area contributed by atoms with Crippen LogP contribution in [0.15, 0.2) is 0 Å². The second-order valence-corrected chi connectivity index (χ2v) is 5.84. The van der Waals surface area contributed by atoms with Gasteiger partial charge in [0.15, 0.2) is 0 Å². The van der Waals surface area contributed by atoms with Crippen LogP contribution in [0, 0.1) is 0 Å². The average molecular weight is 258 g/mol. The van der Waals surface area contributed by atoms with Gasteiger partial charge in [0.2, 0.25) is 0 Å². The highest BCUT2D eigenvalue weighted by Crippen LogP contribution is 2.17. The smallest absolute Gasteiger partial charge is 0.410 e. The van der Waals surface area contributed by atoms with Crippen molar-refractivity contribution in [1.29, 1.82) is 0 Å². The molecule has 5 nitrogen and oxygen atoms in total. The fraction of sp³-hybridized carbons (Fsp3) is 0.923. The van der Waals surface area contributed by atoms with Gasteiger partial charge in [-0.1, -0.05) is 0 Å². The van der Waals surface area contributed by atoms with Crippen LogP contribution in [0.1, 0.15) is 27.2 Å². The molecule has 0 bridgehead atoms. The number of carbonyl (C=O) groups excluding carboxylic acids is 1. The van der Waals surface area contributed by atoms with Gasteiger partial charge in [-0.05, 0) is 34.2 Å². The minimum Gasteiger partial charge on any atom is -0.444 e. The van der Waals surface area contributed by atoms with Gasteiger partial charge in [0.25, 0.3) is 0 Å². The lowest BCUT2D eigenvalue weighted by molar-refractivity contribution is 0.0280. The molecule has 1 atom stereocenters. The van der Waals surface area contributed by atoms with Crippen molar-refractivity contribution in [3.63, 3.8) is 0 Å². The first-order valence-corrected chi connectivity index (χ1v) is 6.50. The SMILES string of the molecule is COCCN(C)[C@H]1CCN(C(=O)OC(C)(C)C)C1. The summed E-state index contributed by atoms with van der Waals surface area (Å²) in [7, 11) is 3.78. The van der Waals surface area contributed by atoms with Crippen LogP contribution in [0.4, 0.5) is 4.79 Å². The van der Waals surface area contributed by atoms with E-state index in [9.17, 15) is 4.79 Å². The molecule has 1 heterocycles. The van der Waals surface area contributed by atoms with Gasteiger partial charge in [0.05, 0.1) is 6.61 Å². The summed E-state index contributed by atoms with van der Waals surface area (Å²) in [6.07, 6.45) is 0.796. The molecule has 0 unspecified atom stereocenters. The van der Waals surface area contributed by atoms with E-state index in [0.29, 0.717) is 6.04 Å². The quantitative estimate of drug-likeness (QED) is 0.767. The molecule has 0 saturated carbocycles. The van der Waals surface area contributed by atoms with Gasteiger partial charge < -0.3 is 14.4 Å². The molecule has 0 aromatic carbocycles. The van der Waals surface area contributed by atoms with Crippen LogP contribution in [-0.4, -0.2) is 67.9 Å². The fourth-order valence-corrected chi connectivity index (χ4v) is 2.01. The van der Waals surface area contributed by atoms with Gasteiger partial charge in [-0.2, -0.15) is 0 Å². The Bertz CT molecular complexity index is 276. The molecule has 0 radical (unpaired) electrons. The molecule has 5 heteroatoms. The number of amides is 1. The van der Waals surface area contributed by atoms with Crippen molar-refractivity contribution in [1.82, 2.24) is 9.80 Å². The van der Waals surface area contributed by atoms with Gasteiger partial charge in [0, 0.05) is 32.8 Å². The van der Waals surface area contributed by atoms with Gasteiger partial charge in [-0.15, -0.1) is 0 Å². The lowest BCUT2D eigenvalue weighted by Crippen LogP contribution is -2.39. The summed E-state index contributed by atoms with van der Waals surface area (Å²) < 4.78 is 10.4. The van der Waals surface area contributed by atoms with Crippen molar-refractivity contribution >= 4 is 6.09 Å². The van der Waals surface area contributed by atoms with E-state index in [1.807, 2.05) is 20.8 Å². The van der Waals surface area contributed by atoms with Crippen LogP contribution in [-0.2, 0) is 9.47 Å². The second kappa shape index (κ2) is 6.38. The van der Waals surface area contributed by atoms with Crippen LogP contribution in [0.25, 0.3) is 0 Å². The van der Waals surface area contributed by atoms with Crippen LogP contribution in [0.3, 0.4) is 0 Å². The third kappa shape index (κ3) is 4.82. The maximum absolute atomic E-state index is 11.9. The van der Waals surface area contributed by atoms with Crippen LogP contribution < -0.4 is 0 Å². The van der Waals surface area contributed by atoms with Crippen LogP contribution in [0.2, 0.25) is 0 Å². The molecule has 1 saturated heterocycles. The van der Waals surface area contributed by atoms with Crippen molar-refractivity contribution in [2.24, 2.45) is 0 Å². The third-order valence-corrected chi connectivity index (χ3v) is 3.09. The monoisotopic (exact) mass is 258 g/mol. The van der Waals surface area contributed by atoms with E-state index in [0.717, 1.165) is 32.7 Å². The van der Waals surface area contributed by atoms with E-state index in [1.165, 1.54) is 0 Å². The predicted molar refractivity (Wildman–Crippen MR) is 70.7 cm³/mol. The zero-order chi connectivity index (χ0) is 13.8. The molecule has 1 aliphatic rings. The topological polar surface area (TPSA) is 42.0 Å². The minimum atomic E-state index is -0.420. The molecule has 0 N–H and O–H groups in total. The summed E-state index contributed by atoms with van der Waals surface area (Å²) in [6.45, 7) is 8.81. The van der Waals surface area contributed by atoms with Crippen molar-refractivity contribution in [2.45, 2.75) is 38.8 Å². The molecule has 106 valence electrons. The first-order valence-electron chi connectivity index (χ1n) is 6.50. The van der Waals surface area contributed by atoms with E-state index >= 15 is 0 Å². The van der Waals surface area contributed by atoms with Crippen molar-refractivity contribution in [2.75, 3.05) is 40.4 Å². The third-order valence-electron chi connectivity index (χ3n) is 3.09. The molecule has 0 aliphatic carbocycles. The van der Waals surface area contributed by atoms with Crippen molar-refractivity contribution < 1.29 is 14.3 Å². The Morgan fingerprint density at radius 3 is 2.67 bits per heavy atom. The van der Waals surface area contributed by atoms with E-state index in [-0.39, 0.29) is 6.09 Å². The number of carbonyl (C=O) groups is 1. The molecule has 1 aliphatic heterocycles. The fourth-order valence-electron chi connectivity index (χ4n) is 2.01. The molecule has 0 spiro atoms. The molecule has 0 aromatic heterocycles. The zero-order valence-electron chi connectivity index (χ0n) is 12.2. The maximum Gasteiger partial charge on any atom is 0.410 e. The number of likely N-dealkylation sites (N-methyl/N-ethyl adjacent to an activating group) is 1. The van der Waals surface area contributed by atoms with Gasteiger partial charge in [-0.3, -0.25) is 4.90 Å². The Morgan fingerprint density at radius 1 is 1.44 bits per heavy atom. The molecule has 1 amide bonds. The normalized spacial score (nSPS) is 20.6. The van der Waals surface area contributed by atoms with Gasteiger partial charge in [-0.25, -0.2) is 4.79 Å². The number of rotatable bonds is 4. The Morgan fingerprint density at radius 2 is 2.11 bits per heavy atom. The van der Waals surface area contributed by atoms with Gasteiger partial charge in [0.1, 0.15) is 5.60 Å². The summed E-state index contributed by atoms with van der Waals surface area (Å²) in [5, 5.41) is 0. The minimum absolute atomic E-state index is 0.204. The van der Waals surface area contributed by atoms with Gasteiger partial charge >= 0.3 is 6.09 Å². The molecular weight excluding hydrogens is 232 g/mol. The Labute approximate surface area is 110 Å². The predicted octanol–water partition coefficient (Wildman–Crippen LogP) is 1.57. The molecule has 18 heavy (non-hydrogen) atoms. The number of hydrogen-bond donors (Lipinski definition) is 0. The lowest BCUT2D eigenvalue weighted by atomic mass is 10.2. The van der Waals surface area contributed by atoms with Crippen LogP contribution in [0.5, 0.6) is 0 Å². The zero-order valence-corrected chi connectivity index (χ0v) is 12.2. The second-order valence-electron chi connectivity index (χ2n) is 5.84. The standard InChI is InChI=1S/C13H26N2O3/c1-13(2,3)18-12(16)15-7-6-11(10-15)14(4)8-9-17-5/h11H,6-10H2,1-5H3/t11-/m0/s1. The highest BCUT2D eigenvalue weighted by molar-refractivity contribution is 5.68. The Hall–Kier alpha value is -0.810. The van der Waals surface area contributed by atoms with E-state index in [4.69, 9.17) is 9.47 Å². The first-order chi connectivity index (χ1) is 8.33. The van der Waals surface area contributed by atoms with Crippen molar-refractivity contribution in [3.8, 4) is 0 Å². The molecule has 1 fully saturated rings. The number of ether oxygens (including phenoxy) is 2. The van der Waals surface area contributed by atoms with E-state index in [2.05, 4.69) is 11.9 Å². The Kier molecular flexibility index (Phi) is 5.41.